The largest absolute Gasteiger partial charge is 0.323 e. The van der Waals surface area contributed by atoms with Gasteiger partial charge in [-0.1, -0.05) is 18.5 Å². The Hall–Kier alpha value is -1.09. The highest BCUT2D eigenvalue weighted by Crippen LogP contribution is 2.17. The number of halogens is 1. The van der Waals surface area contributed by atoms with Crippen molar-refractivity contribution in [3.8, 4) is 0 Å². The zero-order chi connectivity index (χ0) is 9.68. The average molecular weight is 199 g/mol. The normalized spacial score (nSPS) is 9.69. The van der Waals surface area contributed by atoms with Gasteiger partial charge in [0.1, 0.15) is 0 Å². The van der Waals surface area contributed by atoms with E-state index >= 15 is 0 Å². The number of aromatic nitrogens is 1. The Bertz CT molecular complexity index is 301. The molecule has 1 amide bonds. The SMILES string of the molecule is CCCC(=O)Nc1cccnc1Cl. The molecule has 0 atom stereocenters. The summed E-state index contributed by atoms with van der Waals surface area (Å²) < 4.78 is 0. The Kier molecular flexibility index (Phi) is 3.71. The maximum atomic E-state index is 11.2. The van der Waals surface area contributed by atoms with Gasteiger partial charge in [-0.3, -0.25) is 4.79 Å². The van der Waals surface area contributed by atoms with Crippen molar-refractivity contribution in [3.05, 3.63) is 23.5 Å². The van der Waals surface area contributed by atoms with Crippen molar-refractivity contribution in [1.82, 2.24) is 4.98 Å². The molecular weight excluding hydrogens is 188 g/mol. The number of carbonyl (C=O) groups is 1. The minimum Gasteiger partial charge on any atom is -0.323 e. The second kappa shape index (κ2) is 4.82. The molecule has 0 saturated carbocycles. The van der Waals surface area contributed by atoms with Gasteiger partial charge in [-0.15, -0.1) is 0 Å². The van der Waals surface area contributed by atoms with Gasteiger partial charge >= 0.3 is 0 Å². The van der Waals surface area contributed by atoms with Crippen molar-refractivity contribution in [1.29, 1.82) is 0 Å². The van der Waals surface area contributed by atoms with Crippen LogP contribution in [0.2, 0.25) is 5.15 Å². The number of amides is 1. The van der Waals surface area contributed by atoms with E-state index in [-0.39, 0.29) is 5.91 Å². The molecule has 1 heterocycles. The topological polar surface area (TPSA) is 42.0 Å². The number of anilines is 1. The lowest BCUT2D eigenvalue weighted by molar-refractivity contribution is -0.116. The molecule has 1 aromatic rings. The van der Waals surface area contributed by atoms with E-state index in [1.54, 1.807) is 18.3 Å². The van der Waals surface area contributed by atoms with E-state index in [1.165, 1.54) is 0 Å². The van der Waals surface area contributed by atoms with E-state index in [1.807, 2.05) is 6.92 Å². The molecule has 0 aromatic carbocycles. The molecule has 13 heavy (non-hydrogen) atoms. The molecule has 1 N–H and O–H groups in total. The van der Waals surface area contributed by atoms with Crippen LogP contribution in [0.5, 0.6) is 0 Å². The van der Waals surface area contributed by atoms with Crippen LogP contribution in [-0.4, -0.2) is 10.9 Å². The maximum absolute atomic E-state index is 11.2. The standard InChI is InChI=1S/C9H11ClN2O/c1-2-4-8(13)12-7-5-3-6-11-9(7)10/h3,5-6H,2,4H2,1H3,(H,12,13). The Balaban J connectivity index is 2.63. The van der Waals surface area contributed by atoms with Gasteiger partial charge in [0.05, 0.1) is 5.69 Å². The third-order valence-corrected chi connectivity index (χ3v) is 1.81. The number of nitrogens with one attached hydrogen (secondary N) is 1. The maximum Gasteiger partial charge on any atom is 0.224 e. The molecule has 0 aliphatic heterocycles. The van der Waals surface area contributed by atoms with Crippen molar-refractivity contribution in [2.45, 2.75) is 19.8 Å². The number of nitrogens with zero attached hydrogens (tertiary/aromatic N) is 1. The first kappa shape index (κ1) is 9.99. The molecule has 0 fully saturated rings. The average Bonchev–Trinajstić information content (AvgIpc) is 2.09. The predicted octanol–water partition coefficient (Wildman–Crippen LogP) is 2.47. The number of pyridine rings is 1. The fourth-order valence-corrected chi connectivity index (χ4v) is 1.09. The van der Waals surface area contributed by atoms with E-state index in [4.69, 9.17) is 11.6 Å². The highest BCUT2D eigenvalue weighted by Gasteiger charge is 2.03. The van der Waals surface area contributed by atoms with Gasteiger partial charge in [-0.2, -0.15) is 0 Å². The summed E-state index contributed by atoms with van der Waals surface area (Å²) in [6.07, 6.45) is 2.91. The monoisotopic (exact) mass is 198 g/mol. The third-order valence-electron chi connectivity index (χ3n) is 1.51. The first-order valence-corrected chi connectivity index (χ1v) is 4.52. The fourth-order valence-electron chi connectivity index (χ4n) is 0.919. The molecule has 0 radical (unpaired) electrons. The highest BCUT2D eigenvalue weighted by molar-refractivity contribution is 6.32. The van der Waals surface area contributed by atoms with Crippen LogP contribution >= 0.6 is 11.6 Å². The van der Waals surface area contributed by atoms with Crippen LogP contribution in [0.25, 0.3) is 0 Å². The molecule has 0 spiro atoms. The van der Waals surface area contributed by atoms with Gasteiger partial charge < -0.3 is 5.32 Å². The molecule has 0 bridgehead atoms. The van der Waals surface area contributed by atoms with Crippen LogP contribution in [0.3, 0.4) is 0 Å². The van der Waals surface area contributed by atoms with E-state index < -0.39 is 0 Å². The van der Waals surface area contributed by atoms with E-state index in [9.17, 15) is 4.79 Å². The second-order valence-electron chi connectivity index (χ2n) is 2.64. The van der Waals surface area contributed by atoms with Crippen molar-refractivity contribution < 1.29 is 4.79 Å². The lowest BCUT2D eigenvalue weighted by Crippen LogP contribution is -2.11. The Labute approximate surface area is 82.1 Å². The molecule has 3 nitrogen and oxygen atoms in total. The smallest absolute Gasteiger partial charge is 0.224 e. The van der Waals surface area contributed by atoms with Crippen LogP contribution in [0.15, 0.2) is 18.3 Å². The van der Waals surface area contributed by atoms with Crippen molar-refractivity contribution in [3.63, 3.8) is 0 Å². The van der Waals surface area contributed by atoms with Gasteiger partial charge in [0.25, 0.3) is 0 Å². The summed E-state index contributed by atoms with van der Waals surface area (Å²) >= 11 is 5.74. The zero-order valence-electron chi connectivity index (χ0n) is 7.38. The van der Waals surface area contributed by atoms with Crippen LogP contribution in [0.4, 0.5) is 5.69 Å². The number of hydrogen-bond donors (Lipinski definition) is 1. The van der Waals surface area contributed by atoms with E-state index in [2.05, 4.69) is 10.3 Å². The zero-order valence-corrected chi connectivity index (χ0v) is 8.14. The predicted molar refractivity (Wildman–Crippen MR) is 52.8 cm³/mol. The summed E-state index contributed by atoms with van der Waals surface area (Å²) in [7, 11) is 0. The molecular formula is C9H11ClN2O. The quantitative estimate of drug-likeness (QED) is 0.759. The minimum absolute atomic E-state index is 0.0302. The molecule has 0 unspecified atom stereocenters. The minimum atomic E-state index is -0.0302. The van der Waals surface area contributed by atoms with Gasteiger partial charge in [0, 0.05) is 12.6 Å². The summed E-state index contributed by atoms with van der Waals surface area (Å²) in [5, 5.41) is 3.00. The first-order chi connectivity index (χ1) is 6.24. The molecule has 1 aromatic heterocycles. The third kappa shape index (κ3) is 3.03. The van der Waals surface area contributed by atoms with Gasteiger partial charge in [0.2, 0.25) is 5.91 Å². The molecule has 4 heteroatoms. The number of hydrogen-bond acceptors (Lipinski definition) is 2. The Morgan fingerprint density at radius 2 is 2.46 bits per heavy atom. The molecule has 1 rings (SSSR count). The number of carbonyl (C=O) groups excluding carboxylic acids is 1. The molecule has 0 aliphatic carbocycles. The van der Waals surface area contributed by atoms with Crippen LogP contribution < -0.4 is 5.32 Å². The van der Waals surface area contributed by atoms with E-state index in [0.29, 0.717) is 17.3 Å². The summed E-state index contributed by atoms with van der Waals surface area (Å²) in [5.41, 5.74) is 0.572. The van der Waals surface area contributed by atoms with Crippen LogP contribution in [-0.2, 0) is 4.79 Å². The summed E-state index contributed by atoms with van der Waals surface area (Å²) in [5.74, 6) is -0.0302. The van der Waals surface area contributed by atoms with E-state index in [0.717, 1.165) is 6.42 Å². The Morgan fingerprint density at radius 3 is 3.08 bits per heavy atom. The van der Waals surface area contributed by atoms with Crippen LogP contribution in [0, 0.1) is 0 Å². The lowest BCUT2D eigenvalue weighted by Gasteiger charge is -2.04. The van der Waals surface area contributed by atoms with Crippen molar-refractivity contribution in [2.24, 2.45) is 0 Å². The molecule has 0 aliphatic rings. The number of rotatable bonds is 3. The summed E-state index contributed by atoms with van der Waals surface area (Å²) in [6.45, 7) is 1.95. The van der Waals surface area contributed by atoms with Crippen molar-refractivity contribution >= 4 is 23.2 Å². The van der Waals surface area contributed by atoms with Crippen molar-refractivity contribution in [2.75, 3.05) is 5.32 Å². The lowest BCUT2D eigenvalue weighted by atomic mass is 10.3. The molecule has 70 valence electrons. The van der Waals surface area contributed by atoms with Crippen LogP contribution in [0.1, 0.15) is 19.8 Å². The van der Waals surface area contributed by atoms with Gasteiger partial charge in [-0.05, 0) is 18.6 Å². The molecule has 0 saturated heterocycles. The highest BCUT2D eigenvalue weighted by atomic mass is 35.5. The first-order valence-electron chi connectivity index (χ1n) is 4.14. The summed E-state index contributed by atoms with van der Waals surface area (Å²) in [4.78, 5) is 15.0. The second-order valence-corrected chi connectivity index (χ2v) is 3.00. The summed E-state index contributed by atoms with van der Waals surface area (Å²) in [6, 6.07) is 3.45. The van der Waals surface area contributed by atoms with Gasteiger partial charge in [-0.25, -0.2) is 4.98 Å². The van der Waals surface area contributed by atoms with Gasteiger partial charge in [0.15, 0.2) is 5.15 Å². The Morgan fingerprint density at radius 1 is 1.69 bits per heavy atom. The fraction of sp³-hybridized carbons (Fsp3) is 0.333.